The third-order valence-corrected chi connectivity index (χ3v) is 4.22. The summed E-state index contributed by atoms with van der Waals surface area (Å²) in [7, 11) is 0. The number of alkyl halides is 1. The zero-order valence-electron chi connectivity index (χ0n) is 12.4. The molecular weight excluding hydrogens is 304 g/mol. The summed E-state index contributed by atoms with van der Waals surface area (Å²) in [6.07, 6.45) is 8.29. The number of unbranched alkanes of at least 4 members (excludes halogenated alkanes) is 5. The Hall–Kier alpha value is -0.0900. The molecule has 1 aliphatic rings. The van der Waals surface area contributed by atoms with Gasteiger partial charge in [-0.25, -0.2) is 0 Å². The summed E-state index contributed by atoms with van der Waals surface area (Å²) >= 11 is 3.47. The van der Waals surface area contributed by atoms with Crippen LogP contribution in [0.2, 0.25) is 0 Å². The second-order valence-corrected chi connectivity index (χ2v) is 6.22. The van der Waals surface area contributed by atoms with Crippen molar-refractivity contribution in [3.05, 3.63) is 0 Å². The summed E-state index contributed by atoms with van der Waals surface area (Å²) in [5.74, 6) is 0.369. The highest BCUT2D eigenvalue weighted by atomic mass is 79.9. The average molecular weight is 333 g/mol. The molecule has 4 heteroatoms. The smallest absolute Gasteiger partial charge is 0.222 e. The molecule has 3 nitrogen and oxygen atoms in total. The van der Waals surface area contributed by atoms with Crippen LogP contribution in [0.4, 0.5) is 0 Å². The van der Waals surface area contributed by atoms with E-state index >= 15 is 0 Å². The number of halogens is 1. The van der Waals surface area contributed by atoms with Crippen molar-refractivity contribution in [1.82, 2.24) is 9.80 Å². The maximum Gasteiger partial charge on any atom is 0.222 e. The number of carbonyl (C=O) groups is 1. The van der Waals surface area contributed by atoms with Gasteiger partial charge in [0.05, 0.1) is 0 Å². The standard InChI is InChI=1S/C15H29BrN2O/c1-2-3-4-5-6-7-8-15(19)18-13-11-17(10-9-16)12-14-18/h2-14H2,1H3. The van der Waals surface area contributed by atoms with E-state index in [4.69, 9.17) is 0 Å². The lowest BCUT2D eigenvalue weighted by atomic mass is 10.1. The number of carbonyl (C=O) groups excluding carboxylic acids is 1. The number of hydrogen-bond acceptors (Lipinski definition) is 2. The minimum absolute atomic E-state index is 0.369. The summed E-state index contributed by atoms with van der Waals surface area (Å²) in [5.41, 5.74) is 0. The van der Waals surface area contributed by atoms with Crippen LogP contribution in [0.1, 0.15) is 51.9 Å². The zero-order chi connectivity index (χ0) is 13.9. The molecule has 1 saturated heterocycles. The monoisotopic (exact) mass is 332 g/mol. The summed E-state index contributed by atoms with van der Waals surface area (Å²) in [6.45, 7) is 7.24. The van der Waals surface area contributed by atoms with Gasteiger partial charge in [-0.15, -0.1) is 0 Å². The molecule has 1 rings (SSSR count). The molecule has 112 valence electrons. The van der Waals surface area contributed by atoms with E-state index in [0.717, 1.165) is 50.9 Å². The third-order valence-electron chi connectivity index (χ3n) is 3.87. The Bertz CT molecular complexity index is 240. The maximum atomic E-state index is 12.0. The topological polar surface area (TPSA) is 23.6 Å². The van der Waals surface area contributed by atoms with Crippen LogP contribution in [0.25, 0.3) is 0 Å². The molecule has 0 N–H and O–H groups in total. The van der Waals surface area contributed by atoms with Gasteiger partial charge in [0.1, 0.15) is 0 Å². The molecule has 0 aliphatic carbocycles. The number of rotatable bonds is 9. The Morgan fingerprint density at radius 1 is 1.00 bits per heavy atom. The second-order valence-electron chi connectivity index (χ2n) is 5.43. The Balaban J connectivity index is 2.04. The molecule has 0 radical (unpaired) electrons. The third kappa shape index (κ3) is 7.31. The summed E-state index contributed by atoms with van der Waals surface area (Å²) in [6, 6.07) is 0. The van der Waals surface area contributed by atoms with Crippen molar-refractivity contribution in [1.29, 1.82) is 0 Å². The van der Waals surface area contributed by atoms with Crippen molar-refractivity contribution < 1.29 is 4.79 Å². The van der Waals surface area contributed by atoms with Gasteiger partial charge in [0, 0.05) is 44.5 Å². The summed E-state index contributed by atoms with van der Waals surface area (Å²) < 4.78 is 0. The van der Waals surface area contributed by atoms with E-state index in [1.807, 2.05) is 0 Å². The lowest BCUT2D eigenvalue weighted by Gasteiger charge is -2.34. The van der Waals surface area contributed by atoms with Crippen molar-refractivity contribution in [3.8, 4) is 0 Å². The Morgan fingerprint density at radius 3 is 2.26 bits per heavy atom. The minimum Gasteiger partial charge on any atom is -0.340 e. The van der Waals surface area contributed by atoms with Gasteiger partial charge in [0.2, 0.25) is 5.91 Å². The fourth-order valence-electron chi connectivity index (χ4n) is 2.56. The average Bonchev–Trinajstić information content (AvgIpc) is 2.43. The van der Waals surface area contributed by atoms with E-state index in [1.54, 1.807) is 0 Å². The van der Waals surface area contributed by atoms with Crippen LogP contribution in [0.5, 0.6) is 0 Å². The molecule has 19 heavy (non-hydrogen) atoms. The first-order chi connectivity index (χ1) is 9.27. The zero-order valence-corrected chi connectivity index (χ0v) is 14.0. The van der Waals surface area contributed by atoms with Crippen molar-refractivity contribution in [2.24, 2.45) is 0 Å². The largest absolute Gasteiger partial charge is 0.340 e. The summed E-state index contributed by atoms with van der Waals surface area (Å²) in [4.78, 5) is 16.5. The first-order valence-electron chi connectivity index (χ1n) is 7.84. The molecule has 1 fully saturated rings. The van der Waals surface area contributed by atoms with Crippen molar-refractivity contribution in [2.75, 3.05) is 38.1 Å². The van der Waals surface area contributed by atoms with E-state index in [0.29, 0.717) is 5.91 Å². The first-order valence-corrected chi connectivity index (χ1v) is 8.96. The van der Waals surface area contributed by atoms with Crippen LogP contribution in [0.3, 0.4) is 0 Å². The van der Waals surface area contributed by atoms with Crippen LogP contribution in [0, 0.1) is 0 Å². The first kappa shape index (κ1) is 17.0. The molecule has 0 saturated carbocycles. The molecule has 0 spiro atoms. The second kappa shape index (κ2) is 10.7. The van der Waals surface area contributed by atoms with Crippen LogP contribution in [-0.4, -0.2) is 53.8 Å². The molecule has 1 amide bonds. The highest BCUT2D eigenvalue weighted by molar-refractivity contribution is 9.09. The van der Waals surface area contributed by atoms with E-state index in [2.05, 4.69) is 32.7 Å². The predicted molar refractivity (Wildman–Crippen MR) is 84.8 cm³/mol. The lowest BCUT2D eigenvalue weighted by Crippen LogP contribution is -2.49. The fraction of sp³-hybridized carbons (Fsp3) is 0.933. The van der Waals surface area contributed by atoms with Crippen molar-refractivity contribution >= 4 is 21.8 Å². The number of amides is 1. The van der Waals surface area contributed by atoms with Gasteiger partial charge >= 0.3 is 0 Å². The van der Waals surface area contributed by atoms with Crippen LogP contribution in [-0.2, 0) is 4.79 Å². The molecule has 1 aliphatic heterocycles. The molecule has 0 aromatic heterocycles. The molecule has 0 aromatic rings. The van der Waals surface area contributed by atoms with Crippen molar-refractivity contribution in [2.45, 2.75) is 51.9 Å². The highest BCUT2D eigenvalue weighted by Gasteiger charge is 2.19. The van der Waals surface area contributed by atoms with Gasteiger partial charge < -0.3 is 4.90 Å². The van der Waals surface area contributed by atoms with Gasteiger partial charge in [-0.1, -0.05) is 55.0 Å². The highest BCUT2D eigenvalue weighted by Crippen LogP contribution is 2.10. The van der Waals surface area contributed by atoms with Gasteiger partial charge in [-0.05, 0) is 6.42 Å². The van der Waals surface area contributed by atoms with Crippen LogP contribution < -0.4 is 0 Å². The Labute approximate surface area is 126 Å². The van der Waals surface area contributed by atoms with E-state index in [1.165, 1.54) is 32.1 Å². The number of hydrogen-bond donors (Lipinski definition) is 0. The SMILES string of the molecule is CCCCCCCCC(=O)N1CCN(CCBr)CC1. The Kier molecular flexibility index (Phi) is 9.52. The molecule has 0 aromatic carbocycles. The van der Waals surface area contributed by atoms with E-state index < -0.39 is 0 Å². The van der Waals surface area contributed by atoms with Gasteiger partial charge in [-0.2, -0.15) is 0 Å². The number of nitrogens with zero attached hydrogens (tertiary/aromatic N) is 2. The maximum absolute atomic E-state index is 12.0. The van der Waals surface area contributed by atoms with E-state index in [9.17, 15) is 4.79 Å². The van der Waals surface area contributed by atoms with Gasteiger partial charge in [-0.3, -0.25) is 9.69 Å². The molecule has 0 bridgehead atoms. The quantitative estimate of drug-likeness (QED) is 0.478. The van der Waals surface area contributed by atoms with Crippen LogP contribution >= 0.6 is 15.9 Å². The molecular formula is C15H29BrN2O. The van der Waals surface area contributed by atoms with Gasteiger partial charge in [0.15, 0.2) is 0 Å². The van der Waals surface area contributed by atoms with Crippen LogP contribution in [0.15, 0.2) is 0 Å². The number of piperazine rings is 1. The fourth-order valence-corrected chi connectivity index (χ4v) is 3.06. The van der Waals surface area contributed by atoms with E-state index in [-0.39, 0.29) is 0 Å². The minimum atomic E-state index is 0.369. The summed E-state index contributed by atoms with van der Waals surface area (Å²) in [5, 5.41) is 1.03. The molecule has 0 atom stereocenters. The molecule has 0 unspecified atom stereocenters. The van der Waals surface area contributed by atoms with Crippen molar-refractivity contribution in [3.63, 3.8) is 0 Å². The lowest BCUT2D eigenvalue weighted by molar-refractivity contribution is -0.133. The molecule has 1 heterocycles. The Morgan fingerprint density at radius 2 is 1.63 bits per heavy atom. The normalized spacial score (nSPS) is 16.8. The van der Waals surface area contributed by atoms with Gasteiger partial charge in [0.25, 0.3) is 0 Å². The predicted octanol–water partition coefficient (Wildman–Crippen LogP) is 3.28.